The summed E-state index contributed by atoms with van der Waals surface area (Å²) in [5.74, 6) is -1.07. The van der Waals surface area contributed by atoms with Gasteiger partial charge in [-0.15, -0.1) is 90.0 Å². The molecule has 0 N–H and O–H groups in total. The second-order valence-electron chi connectivity index (χ2n) is 16.9. The van der Waals surface area contributed by atoms with Crippen LogP contribution in [0, 0.1) is 35.3 Å². The summed E-state index contributed by atoms with van der Waals surface area (Å²) in [5, 5.41) is 10.5. The van der Waals surface area contributed by atoms with Crippen molar-refractivity contribution >= 4 is 21.9 Å². The van der Waals surface area contributed by atoms with Gasteiger partial charge in [0.25, 0.3) is 0 Å². The molecule has 9 aromatic rings. The van der Waals surface area contributed by atoms with Crippen LogP contribution in [-0.2, 0) is 57.4 Å². The van der Waals surface area contributed by atoms with Gasteiger partial charge in [0.1, 0.15) is 11.4 Å². The van der Waals surface area contributed by atoms with Crippen LogP contribution >= 0.6 is 0 Å². The van der Waals surface area contributed by atoms with Gasteiger partial charge < -0.3 is 19.4 Å². The molecule has 5 aromatic carbocycles. The maximum atomic E-state index is 17.0. The van der Waals surface area contributed by atoms with Crippen LogP contribution in [-0.4, -0.2) is 15.0 Å². The number of pyridine rings is 3. The number of halogens is 1. The van der Waals surface area contributed by atoms with E-state index in [0.29, 0.717) is 38.9 Å². The molecule has 0 amide bonds. The van der Waals surface area contributed by atoms with Gasteiger partial charge in [0.05, 0.1) is 20.0 Å². The number of hydrogen-bond donors (Lipinski definition) is 0. The Balaban J connectivity index is 0.00000757. The van der Waals surface area contributed by atoms with Crippen molar-refractivity contribution < 1.29 is 45.4 Å². The standard InChI is InChI=1S/C60H50FN4O.Ir/c1-60(2,53-39-65-57(34-54(53)61)51-20-12-19-50-49-27-24-43(36-62)32-58(49)66-59(50)51)35-44-30-41(22-21-40-25-28-55(63-37-40)46-15-8-4-9-16-46)29-42(31-44)23-26-48-38-64-56(47-17-10-5-11-18-47)33-52(48)45-13-6-3-7-14-45;/h4-5,8-12,15,17,19,24-25,27-34,37-39,45H,3,6-7,13-14,21-23,26,35H2,1-2H3;/q-3;+3/i21D2,22D2,23D2,24D,26D2,32D,35D2;. The molecule has 1 saturated carbocycles. The van der Waals surface area contributed by atoms with Crippen molar-refractivity contribution in [3.8, 4) is 39.8 Å². The first-order chi connectivity index (χ1) is 36.9. The van der Waals surface area contributed by atoms with Crippen LogP contribution in [0.1, 0.15) is 113 Å². The van der Waals surface area contributed by atoms with Crippen molar-refractivity contribution in [3.63, 3.8) is 0 Å². The Kier molecular flexibility index (Phi) is 9.90. The molecule has 7 heteroatoms. The summed E-state index contributed by atoms with van der Waals surface area (Å²) in [5.41, 5.74) is -0.754. The fraction of sp³-hybridized carbons (Fsp3) is 0.233. The van der Waals surface area contributed by atoms with E-state index in [-0.39, 0.29) is 82.8 Å². The molecule has 4 aromatic heterocycles. The molecule has 0 spiro atoms. The number of aromatic nitrogens is 3. The van der Waals surface area contributed by atoms with Gasteiger partial charge in [0.15, 0.2) is 0 Å². The van der Waals surface area contributed by atoms with E-state index < -0.39 is 59.8 Å². The Morgan fingerprint density at radius 2 is 1.43 bits per heavy atom. The van der Waals surface area contributed by atoms with Gasteiger partial charge in [0.2, 0.25) is 0 Å². The number of rotatable bonds is 13. The van der Waals surface area contributed by atoms with E-state index in [0.717, 1.165) is 62.6 Å². The summed E-state index contributed by atoms with van der Waals surface area (Å²) < 4.78 is 137. The maximum absolute atomic E-state index is 17.0. The van der Waals surface area contributed by atoms with Crippen molar-refractivity contribution in [2.45, 2.75) is 89.1 Å². The predicted octanol–water partition coefficient (Wildman–Crippen LogP) is 14.3. The summed E-state index contributed by atoms with van der Waals surface area (Å²) in [7, 11) is 0. The van der Waals surface area contributed by atoms with E-state index in [2.05, 4.69) is 33.2 Å². The minimum atomic E-state index is -3.08. The number of nitriles is 1. The van der Waals surface area contributed by atoms with Gasteiger partial charge in [-0.3, -0.25) is 0 Å². The van der Waals surface area contributed by atoms with Gasteiger partial charge in [-0.05, 0) is 125 Å². The Morgan fingerprint density at radius 3 is 2.13 bits per heavy atom. The molecule has 1 fully saturated rings. The fourth-order valence-electron chi connectivity index (χ4n) is 8.65. The minimum absolute atomic E-state index is 0. The molecule has 0 bridgehead atoms. The average Bonchev–Trinajstić information content (AvgIpc) is 4.04. The van der Waals surface area contributed by atoms with Crippen molar-refractivity contribution in [2.75, 3.05) is 0 Å². The molecule has 0 unspecified atom stereocenters. The number of hydrogen-bond acceptors (Lipinski definition) is 5. The molecule has 1 aliphatic carbocycles. The van der Waals surface area contributed by atoms with Gasteiger partial charge in [0, 0.05) is 43.2 Å². The van der Waals surface area contributed by atoms with Gasteiger partial charge in [-0.2, -0.15) is 5.26 Å². The smallest absolute Gasteiger partial charge is 0.501 e. The minimum Gasteiger partial charge on any atom is -0.501 e. The van der Waals surface area contributed by atoms with Crippen LogP contribution < -0.4 is 0 Å². The zero-order valence-corrected chi connectivity index (χ0v) is 39.0. The molecule has 67 heavy (non-hydrogen) atoms. The molecule has 1 aliphatic rings. The Morgan fingerprint density at radius 1 is 0.731 bits per heavy atom. The van der Waals surface area contributed by atoms with E-state index in [9.17, 15) is 19.0 Å². The average molecular weight is 1070 g/mol. The van der Waals surface area contributed by atoms with Crippen LogP contribution in [0.4, 0.5) is 4.39 Å². The SMILES string of the molecule is [2H]c1cc2c(oc3c(-c4cc(F)c(C(C)(C)C([2H])([2H])c5cc(C([2H])([2H])C([2H])([2H])c6ccc(-c7[c-]cccc7)nc6)cc(C([2H])([2H])C([2H])([2H])c6cnc(-c7[c-]cccc7)cc6C6CCCCC6)c5)cn4)[c-]ccc32)c([2H])c1C#N.[Ir+3]. The molecule has 4 heterocycles. The van der Waals surface area contributed by atoms with Crippen LogP contribution in [0.5, 0.6) is 0 Å². The number of aryl methyl sites for hydroxylation is 4. The van der Waals surface area contributed by atoms with Crippen LogP contribution in [0.25, 0.3) is 55.7 Å². The molecule has 10 rings (SSSR count). The molecule has 0 radical (unpaired) electrons. The van der Waals surface area contributed by atoms with Gasteiger partial charge in [-0.25, -0.2) is 4.39 Å². The topological polar surface area (TPSA) is 75.6 Å². The quantitative estimate of drug-likeness (QED) is 0.108. The van der Waals surface area contributed by atoms with Gasteiger partial charge in [-0.1, -0.05) is 86.5 Å². The summed E-state index contributed by atoms with van der Waals surface area (Å²) >= 11 is 0. The third-order valence-corrected chi connectivity index (χ3v) is 12.0. The van der Waals surface area contributed by atoms with Crippen LogP contribution in [0.3, 0.4) is 0 Å². The first-order valence-corrected chi connectivity index (χ1v) is 21.9. The monoisotopic (exact) mass is 1070 g/mol. The van der Waals surface area contributed by atoms with Crippen molar-refractivity contribution in [3.05, 3.63) is 208 Å². The fourth-order valence-corrected chi connectivity index (χ4v) is 8.65. The number of fused-ring (bicyclic) bond motifs is 3. The first kappa shape index (κ1) is 33.0. The van der Waals surface area contributed by atoms with E-state index >= 15 is 4.39 Å². The van der Waals surface area contributed by atoms with Crippen molar-refractivity contribution in [2.24, 2.45) is 0 Å². The number of furan rings is 1. The van der Waals surface area contributed by atoms with E-state index in [1.165, 1.54) is 44.4 Å². The third kappa shape index (κ3) is 10.1. The molecular weight excluding hydrogens is 1000 g/mol. The van der Waals surface area contributed by atoms with E-state index in [4.69, 9.17) is 7.16 Å². The molecule has 0 saturated heterocycles. The maximum Gasteiger partial charge on any atom is 3.00 e. The second kappa shape index (κ2) is 20.1. The number of benzene rings is 5. The normalized spacial score (nSPS) is 16.8. The van der Waals surface area contributed by atoms with Crippen LogP contribution in [0.15, 0.2) is 144 Å². The largest absolute Gasteiger partial charge is 3.00 e. The zero-order chi connectivity index (χ0) is 55.7. The third-order valence-electron chi connectivity index (χ3n) is 12.0. The molecule has 0 atom stereocenters. The summed E-state index contributed by atoms with van der Waals surface area (Å²) in [6.45, 7) is 2.80. The van der Waals surface area contributed by atoms with Gasteiger partial charge >= 0.3 is 20.1 Å². The Hall–Kier alpha value is -6.58. The van der Waals surface area contributed by atoms with Crippen molar-refractivity contribution in [1.29, 1.82) is 5.26 Å². The van der Waals surface area contributed by atoms with E-state index in [1.54, 1.807) is 48.5 Å². The summed E-state index contributed by atoms with van der Waals surface area (Å²) in [4.78, 5) is 13.6. The molecular formula is C60H50FIrN4O. The number of nitrogens with zero attached hydrogens (tertiary/aromatic N) is 4. The predicted molar refractivity (Wildman–Crippen MR) is 261 cm³/mol. The molecule has 0 aliphatic heterocycles. The Bertz CT molecular complexity index is 3810. The molecule has 5 nitrogen and oxygen atoms in total. The first-order valence-electron chi connectivity index (χ1n) is 27.9. The summed E-state index contributed by atoms with van der Waals surface area (Å²) in [6.07, 6.45) is -6.86. The van der Waals surface area contributed by atoms with Crippen molar-refractivity contribution in [1.82, 2.24) is 15.0 Å². The molecule has 332 valence electrons. The second-order valence-corrected chi connectivity index (χ2v) is 16.9. The van der Waals surface area contributed by atoms with Crippen LogP contribution in [0.2, 0.25) is 0 Å². The zero-order valence-electron chi connectivity index (χ0n) is 48.6. The van der Waals surface area contributed by atoms with E-state index in [1.807, 2.05) is 24.3 Å². The Labute approximate surface area is 423 Å². The summed E-state index contributed by atoms with van der Waals surface area (Å²) in [6, 6.07) is 38.5.